The summed E-state index contributed by atoms with van der Waals surface area (Å²) in [4.78, 5) is 12.8. The molecule has 11 heteroatoms. The summed E-state index contributed by atoms with van der Waals surface area (Å²) in [5.41, 5.74) is -0.738. The highest BCUT2D eigenvalue weighted by Gasteiger charge is 2.82. The quantitative estimate of drug-likeness (QED) is 0.279. The molecule has 5 saturated carbocycles. The van der Waals surface area contributed by atoms with Crippen molar-refractivity contribution in [3.05, 3.63) is 0 Å². The highest BCUT2D eigenvalue weighted by molar-refractivity contribution is 7.81. The lowest BCUT2D eigenvalue weighted by Gasteiger charge is -2.63. The average molecular weight is 619 g/mol. The molecule has 10 atom stereocenters. The second kappa shape index (κ2) is 9.96. The minimum atomic E-state index is -4.77. The van der Waals surface area contributed by atoms with Crippen LogP contribution < -0.4 is 0 Å². The van der Waals surface area contributed by atoms with Gasteiger partial charge in [-0.25, -0.2) is 8.37 Å². The molecule has 0 aromatic rings. The van der Waals surface area contributed by atoms with Gasteiger partial charge in [0.2, 0.25) is 0 Å². The number of Topliss-reactive ketones (excluding diaryl/α,β-unsaturated/α-hetero) is 1. The van der Waals surface area contributed by atoms with Crippen molar-refractivity contribution in [1.29, 1.82) is 0 Å². The largest absolute Gasteiger partial charge is 0.397 e. The smallest absolute Gasteiger partial charge is 0.300 e. The summed E-state index contributed by atoms with van der Waals surface area (Å²) in [7, 11) is -9.52. The Balaban J connectivity index is 1.42. The number of carbonyl (C=O) groups excluding carboxylic acids is 1. The summed E-state index contributed by atoms with van der Waals surface area (Å²) in [6, 6.07) is 0. The maximum Gasteiger partial charge on any atom is 0.397 e. The van der Waals surface area contributed by atoms with Gasteiger partial charge in [0, 0.05) is 18.3 Å². The number of hydrogen-bond acceptors (Lipinski definition) is 7. The second-order valence-electron chi connectivity index (χ2n) is 15.7. The Kier molecular flexibility index (Phi) is 7.73. The monoisotopic (exact) mass is 618 g/mol. The molecule has 5 fully saturated rings. The van der Waals surface area contributed by atoms with Crippen molar-refractivity contribution in [2.45, 2.75) is 118 Å². The first-order valence-electron chi connectivity index (χ1n) is 15.5. The van der Waals surface area contributed by atoms with E-state index in [-0.39, 0.29) is 27.6 Å². The van der Waals surface area contributed by atoms with Gasteiger partial charge in [-0.1, -0.05) is 41.5 Å². The third-order valence-corrected chi connectivity index (χ3v) is 14.4. The van der Waals surface area contributed by atoms with Crippen LogP contribution in [0.5, 0.6) is 0 Å². The summed E-state index contributed by atoms with van der Waals surface area (Å²) in [5.74, 6) is 2.03. The van der Waals surface area contributed by atoms with Crippen molar-refractivity contribution in [1.82, 2.24) is 0 Å². The molecule has 9 nitrogen and oxygen atoms in total. The van der Waals surface area contributed by atoms with Crippen LogP contribution in [0.2, 0.25) is 0 Å². The molecule has 0 bridgehead atoms. The number of hydrogen-bond donors (Lipinski definition) is 2. The standard InChI is InChI=1S/C30H50O9S2/c1-19(2)15-21(31)16-20(3)22-9-11-28(6)24-8-7-23-26(4,18-38-40(32,33)34)25(39-41(35,36)37)10-12-29(23)17-30(24,29)14-13-27(22,28)5/h19-20,22-25H,7-18H2,1-6H3,(H,32,33,34)(H,35,36,37)/t20-,22-,23+,24+,25+,26+,27-,28+,29-,30+/m1/s1. The SMILES string of the molecule is CC(C)CC(=O)C[C@@H](C)[C@H]1CC[C@@]2(C)[C@@H]3CC[C@H]4[C@](C)(COS(=O)(=O)O)[C@@H](OS(=O)(=O)O)CC[C@@]45C[C@@]35CC[C@]12C. The molecule has 0 aromatic heterocycles. The summed E-state index contributed by atoms with van der Waals surface area (Å²) in [5, 5.41) is 0. The molecule has 5 aliphatic carbocycles. The van der Waals surface area contributed by atoms with Crippen LogP contribution in [0.15, 0.2) is 0 Å². The third kappa shape index (κ3) is 4.96. The van der Waals surface area contributed by atoms with Gasteiger partial charge in [-0.15, -0.1) is 0 Å². The Morgan fingerprint density at radius 2 is 1.44 bits per heavy atom. The van der Waals surface area contributed by atoms with Gasteiger partial charge < -0.3 is 0 Å². The van der Waals surface area contributed by atoms with Gasteiger partial charge in [-0.2, -0.15) is 16.8 Å². The highest BCUT2D eigenvalue weighted by atomic mass is 32.3. The highest BCUT2D eigenvalue weighted by Crippen LogP contribution is 2.89. The molecule has 0 saturated heterocycles. The van der Waals surface area contributed by atoms with Gasteiger partial charge in [0.15, 0.2) is 0 Å². The van der Waals surface area contributed by atoms with Crippen LogP contribution in [-0.2, 0) is 34.0 Å². The van der Waals surface area contributed by atoms with E-state index in [0.29, 0.717) is 48.7 Å². The molecule has 0 aliphatic heterocycles. The Bertz CT molecular complexity index is 1280. The molecular formula is C30H50O9S2. The van der Waals surface area contributed by atoms with E-state index in [2.05, 4.69) is 34.6 Å². The molecular weight excluding hydrogens is 568 g/mol. The fourth-order valence-corrected chi connectivity index (χ4v) is 12.9. The molecule has 5 aliphatic rings. The van der Waals surface area contributed by atoms with Crippen molar-refractivity contribution < 1.29 is 39.1 Å². The normalized spacial score (nSPS) is 46.3. The van der Waals surface area contributed by atoms with Crippen LogP contribution in [0.1, 0.15) is 112 Å². The zero-order valence-electron chi connectivity index (χ0n) is 25.5. The first-order chi connectivity index (χ1) is 18.7. The molecule has 0 aromatic carbocycles. The number of fused-ring (bicyclic) bond motifs is 2. The second-order valence-corrected chi connectivity index (χ2v) is 17.9. The fourth-order valence-electron chi connectivity index (χ4n) is 11.9. The molecule has 0 heterocycles. The van der Waals surface area contributed by atoms with Gasteiger partial charge in [-0.3, -0.25) is 13.9 Å². The summed E-state index contributed by atoms with van der Waals surface area (Å²) < 4.78 is 75.7. The lowest BCUT2D eigenvalue weighted by atomic mass is 9.41. The van der Waals surface area contributed by atoms with Gasteiger partial charge >= 0.3 is 20.8 Å². The molecule has 0 amide bonds. The van der Waals surface area contributed by atoms with Crippen LogP contribution in [-0.4, -0.2) is 44.4 Å². The van der Waals surface area contributed by atoms with Crippen molar-refractivity contribution in [2.24, 2.45) is 56.7 Å². The van der Waals surface area contributed by atoms with Gasteiger partial charge in [-0.05, 0) is 109 Å². The van der Waals surface area contributed by atoms with Gasteiger partial charge in [0.05, 0.1) is 12.7 Å². The Morgan fingerprint density at radius 3 is 2.05 bits per heavy atom. The number of ketones is 1. The topological polar surface area (TPSA) is 144 Å². The van der Waals surface area contributed by atoms with Crippen molar-refractivity contribution in [2.75, 3.05) is 6.61 Å². The van der Waals surface area contributed by atoms with Crippen molar-refractivity contribution >= 4 is 26.6 Å². The van der Waals surface area contributed by atoms with Gasteiger partial charge in [0.1, 0.15) is 5.78 Å². The zero-order valence-corrected chi connectivity index (χ0v) is 27.2. The van der Waals surface area contributed by atoms with Crippen LogP contribution >= 0.6 is 0 Å². The van der Waals surface area contributed by atoms with E-state index in [1.807, 2.05) is 0 Å². The molecule has 236 valence electrons. The number of rotatable bonds is 10. The first-order valence-corrected chi connectivity index (χ1v) is 18.3. The summed E-state index contributed by atoms with van der Waals surface area (Å²) in [6.45, 7) is 12.8. The van der Waals surface area contributed by atoms with Crippen LogP contribution in [0.25, 0.3) is 0 Å². The molecule has 0 unspecified atom stereocenters. The summed E-state index contributed by atoms with van der Waals surface area (Å²) in [6.07, 6.45) is 8.65. The molecule has 5 rings (SSSR count). The average Bonchev–Trinajstić information content (AvgIpc) is 3.40. The molecule has 41 heavy (non-hydrogen) atoms. The Labute approximate surface area is 246 Å². The minimum absolute atomic E-state index is 0.0637. The lowest BCUT2D eigenvalue weighted by Crippen LogP contribution is -2.59. The zero-order chi connectivity index (χ0) is 30.4. The number of carbonyl (C=O) groups is 1. The van der Waals surface area contributed by atoms with E-state index in [0.717, 1.165) is 51.4 Å². The molecule has 2 N–H and O–H groups in total. The van der Waals surface area contributed by atoms with E-state index < -0.39 is 38.9 Å². The van der Waals surface area contributed by atoms with E-state index in [1.165, 1.54) is 0 Å². The maximum absolute atomic E-state index is 12.8. The van der Waals surface area contributed by atoms with E-state index >= 15 is 0 Å². The molecule has 0 radical (unpaired) electrons. The minimum Gasteiger partial charge on any atom is -0.300 e. The van der Waals surface area contributed by atoms with E-state index in [4.69, 9.17) is 8.37 Å². The predicted molar refractivity (Wildman–Crippen MR) is 153 cm³/mol. The maximum atomic E-state index is 12.8. The van der Waals surface area contributed by atoms with E-state index in [1.54, 1.807) is 6.92 Å². The first kappa shape index (κ1) is 31.8. The Morgan fingerprint density at radius 1 is 0.805 bits per heavy atom. The third-order valence-electron chi connectivity index (χ3n) is 13.5. The van der Waals surface area contributed by atoms with Crippen LogP contribution in [0.4, 0.5) is 0 Å². The Hall–Kier alpha value is -0.590. The molecule has 2 spiro atoms. The van der Waals surface area contributed by atoms with Crippen molar-refractivity contribution in [3.8, 4) is 0 Å². The van der Waals surface area contributed by atoms with Crippen LogP contribution in [0.3, 0.4) is 0 Å². The van der Waals surface area contributed by atoms with Gasteiger partial charge in [0.25, 0.3) is 0 Å². The lowest BCUT2D eigenvalue weighted by molar-refractivity contribution is -0.168. The van der Waals surface area contributed by atoms with Crippen molar-refractivity contribution in [3.63, 3.8) is 0 Å². The fraction of sp³-hybridized carbons (Fsp3) is 0.967. The predicted octanol–water partition coefficient (Wildman–Crippen LogP) is 6.05. The van der Waals surface area contributed by atoms with Crippen LogP contribution in [0, 0.1) is 56.7 Å². The van der Waals surface area contributed by atoms with E-state index in [9.17, 15) is 30.7 Å². The summed E-state index contributed by atoms with van der Waals surface area (Å²) >= 11 is 0.